The van der Waals surface area contributed by atoms with Crippen LogP contribution in [0, 0.1) is 10.1 Å². The van der Waals surface area contributed by atoms with Crippen molar-refractivity contribution in [2.45, 2.75) is 19.4 Å². The van der Waals surface area contributed by atoms with Crippen molar-refractivity contribution in [1.82, 2.24) is 14.8 Å². The zero-order valence-corrected chi connectivity index (χ0v) is 18.7. The summed E-state index contributed by atoms with van der Waals surface area (Å²) in [6.45, 7) is -0.0527. The van der Waals surface area contributed by atoms with Gasteiger partial charge in [0.05, 0.1) is 30.5 Å². The summed E-state index contributed by atoms with van der Waals surface area (Å²) in [6.07, 6.45) is -0.622. The first-order valence-corrected chi connectivity index (χ1v) is 10.7. The lowest BCUT2D eigenvalue weighted by atomic mass is 10.1. The van der Waals surface area contributed by atoms with Crippen LogP contribution >= 0.6 is 11.3 Å². The highest BCUT2D eigenvalue weighted by molar-refractivity contribution is 7.21. The standard InChI is InChI=1S/C20H16F2N6O6S/c1-33-19-11(28(31)32)8-27(26-19)5-4-13(29)25-15-14-9(12-3-2-6-34-12)7-10(17(21)22)24-20(14)35-16(15)18(23)30/h2-3,6-8,17H,4-5H2,1H3,(H2,23,30)(H,25,29). The molecule has 4 aromatic heterocycles. The lowest BCUT2D eigenvalue weighted by Gasteiger charge is -2.09. The number of nitrogens with one attached hydrogen (secondary N) is 1. The van der Waals surface area contributed by atoms with Gasteiger partial charge in [-0.25, -0.2) is 13.8 Å². The Morgan fingerprint density at radius 1 is 1.43 bits per heavy atom. The van der Waals surface area contributed by atoms with Gasteiger partial charge in [-0.2, -0.15) is 0 Å². The molecule has 4 rings (SSSR count). The maximum Gasteiger partial charge on any atom is 0.350 e. The summed E-state index contributed by atoms with van der Waals surface area (Å²) in [5.41, 5.74) is 4.78. The van der Waals surface area contributed by atoms with Crippen LogP contribution in [0.15, 0.2) is 35.1 Å². The lowest BCUT2D eigenvalue weighted by Crippen LogP contribution is -2.18. The molecule has 35 heavy (non-hydrogen) atoms. The smallest absolute Gasteiger partial charge is 0.350 e. The van der Waals surface area contributed by atoms with E-state index < -0.39 is 28.9 Å². The number of pyridine rings is 1. The first-order valence-electron chi connectivity index (χ1n) is 9.84. The summed E-state index contributed by atoms with van der Waals surface area (Å²) in [6, 6.07) is 4.21. The highest BCUT2D eigenvalue weighted by Crippen LogP contribution is 2.42. The number of carbonyl (C=O) groups excluding carboxylic acids is 2. The number of fused-ring (bicyclic) bond motifs is 1. The van der Waals surface area contributed by atoms with Crippen molar-refractivity contribution in [3.63, 3.8) is 0 Å². The fourth-order valence-electron chi connectivity index (χ4n) is 3.34. The number of anilines is 1. The second-order valence-corrected chi connectivity index (χ2v) is 8.06. The number of aromatic nitrogens is 3. The van der Waals surface area contributed by atoms with E-state index in [1.165, 1.54) is 24.1 Å². The van der Waals surface area contributed by atoms with Crippen LogP contribution in [0.25, 0.3) is 21.5 Å². The Morgan fingerprint density at radius 3 is 2.77 bits per heavy atom. The number of nitro groups is 1. The van der Waals surface area contributed by atoms with E-state index in [2.05, 4.69) is 15.4 Å². The monoisotopic (exact) mass is 506 g/mol. The average molecular weight is 506 g/mol. The summed E-state index contributed by atoms with van der Waals surface area (Å²) >= 11 is 0.759. The fourth-order valence-corrected chi connectivity index (χ4v) is 4.36. The van der Waals surface area contributed by atoms with Crippen LogP contribution in [0.3, 0.4) is 0 Å². The van der Waals surface area contributed by atoms with E-state index in [0.717, 1.165) is 23.6 Å². The molecular weight excluding hydrogens is 490 g/mol. The first kappa shape index (κ1) is 23.7. The number of nitrogens with zero attached hydrogens (tertiary/aromatic N) is 4. The maximum atomic E-state index is 13.5. The van der Waals surface area contributed by atoms with Gasteiger partial charge in [-0.05, 0) is 18.2 Å². The quantitative estimate of drug-likeness (QED) is 0.256. The molecule has 0 unspecified atom stereocenters. The molecule has 182 valence electrons. The molecule has 0 fully saturated rings. The summed E-state index contributed by atoms with van der Waals surface area (Å²) in [5.74, 6) is -1.47. The number of halogens is 2. The van der Waals surface area contributed by atoms with Gasteiger partial charge in [0, 0.05) is 17.4 Å². The number of methoxy groups -OCH3 is 1. The van der Waals surface area contributed by atoms with E-state index in [0.29, 0.717) is 0 Å². The van der Waals surface area contributed by atoms with Gasteiger partial charge in [0.1, 0.15) is 27.4 Å². The third-order valence-corrected chi connectivity index (χ3v) is 5.95. The number of ether oxygens (including phenoxy) is 1. The molecule has 0 aliphatic carbocycles. The van der Waals surface area contributed by atoms with E-state index in [1.54, 1.807) is 6.07 Å². The normalized spacial score (nSPS) is 11.2. The number of amides is 2. The summed E-state index contributed by atoms with van der Waals surface area (Å²) in [5, 5.41) is 17.8. The highest BCUT2D eigenvalue weighted by atomic mass is 32.1. The van der Waals surface area contributed by atoms with E-state index in [9.17, 15) is 28.5 Å². The summed E-state index contributed by atoms with van der Waals surface area (Å²) < 4.78 is 38.3. The number of primary amides is 1. The number of nitrogens with two attached hydrogens (primary N) is 1. The molecule has 12 nitrogen and oxygen atoms in total. The van der Waals surface area contributed by atoms with Crippen molar-refractivity contribution >= 4 is 44.7 Å². The number of thiophene rings is 1. The molecule has 0 saturated heterocycles. The summed E-state index contributed by atoms with van der Waals surface area (Å²) in [4.78, 5) is 39.1. The Balaban J connectivity index is 1.69. The van der Waals surface area contributed by atoms with E-state index >= 15 is 0 Å². The van der Waals surface area contributed by atoms with Gasteiger partial charge in [0.2, 0.25) is 5.91 Å². The molecule has 2 amide bonds. The third kappa shape index (κ3) is 4.65. The minimum absolute atomic E-state index is 0.00578. The number of carbonyl (C=O) groups is 2. The topological polar surface area (TPSA) is 168 Å². The lowest BCUT2D eigenvalue weighted by molar-refractivity contribution is -0.385. The molecule has 0 spiro atoms. The Bertz CT molecular complexity index is 1430. The van der Waals surface area contributed by atoms with E-state index in [1.807, 2.05) is 0 Å². The molecule has 0 aliphatic rings. The molecule has 0 atom stereocenters. The maximum absolute atomic E-state index is 13.5. The Kier molecular flexibility index (Phi) is 6.42. The van der Waals surface area contributed by atoms with Crippen molar-refractivity contribution in [1.29, 1.82) is 0 Å². The summed E-state index contributed by atoms with van der Waals surface area (Å²) in [7, 11) is 1.23. The van der Waals surface area contributed by atoms with Gasteiger partial charge >= 0.3 is 11.6 Å². The molecule has 0 radical (unpaired) electrons. The van der Waals surface area contributed by atoms with Gasteiger partial charge < -0.3 is 20.2 Å². The highest BCUT2D eigenvalue weighted by Gasteiger charge is 2.26. The van der Waals surface area contributed by atoms with Crippen molar-refractivity contribution in [2.75, 3.05) is 12.4 Å². The van der Waals surface area contributed by atoms with Crippen LogP contribution in [0.4, 0.5) is 20.2 Å². The van der Waals surface area contributed by atoms with Crippen LogP contribution in [0.5, 0.6) is 5.88 Å². The van der Waals surface area contributed by atoms with Crippen LogP contribution in [-0.4, -0.2) is 38.6 Å². The number of rotatable bonds is 9. The minimum Gasteiger partial charge on any atom is -0.475 e. The minimum atomic E-state index is -2.89. The zero-order valence-electron chi connectivity index (χ0n) is 17.9. The largest absolute Gasteiger partial charge is 0.475 e. The van der Waals surface area contributed by atoms with Crippen LogP contribution in [0.1, 0.15) is 28.2 Å². The Morgan fingerprint density at radius 2 is 2.20 bits per heavy atom. The van der Waals surface area contributed by atoms with Crippen molar-refractivity contribution in [2.24, 2.45) is 5.73 Å². The molecule has 0 aromatic carbocycles. The number of aryl methyl sites for hydroxylation is 1. The number of hydrogen-bond donors (Lipinski definition) is 2. The van der Waals surface area contributed by atoms with Gasteiger partial charge in [0.25, 0.3) is 12.3 Å². The molecule has 0 aliphatic heterocycles. The van der Waals surface area contributed by atoms with Crippen molar-refractivity contribution in [3.8, 4) is 17.2 Å². The van der Waals surface area contributed by atoms with Crippen molar-refractivity contribution in [3.05, 3.63) is 51.3 Å². The van der Waals surface area contributed by atoms with Gasteiger partial charge in [-0.15, -0.1) is 16.4 Å². The molecule has 4 aromatic rings. The predicted octanol–water partition coefficient (Wildman–Crippen LogP) is 3.73. The average Bonchev–Trinajstić information content (AvgIpc) is 3.55. The molecule has 4 heterocycles. The van der Waals surface area contributed by atoms with Gasteiger partial charge in [-0.1, -0.05) is 0 Å². The van der Waals surface area contributed by atoms with Gasteiger partial charge in [-0.3, -0.25) is 24.4 Å². The molecule has 0 bridgehead atoms. The second kappa shape index (κ2) is 9.46. The molecular formula is C20H16F2N6O6S. The number of hydrogen-bond acceptors (Lipinski definition) is 9. The van der Waals surface area contributed by atoms with Crippen LogP contribution < -0.4 is 15.8 Å². The van der Waals surface area contributed by atoms with Crippen molar-refractivity contribution < 1.29 is 32.4 Å². The van der Waals surface area contributed by atoms with Crippen LogP contribution in [0.2, 0.25) is 0 Å². The SMILES string of the molecule is COc1nn(CCC(=O)Nc2c(C(N)=O)sc3nc(C(F)F)cc(-c4ccco4)c23)cc1[N+](=O)[O-]. The molecule has 15 heteroatoms. The zero-order chi connectivity index (χ0) is 25.3. The third-order valence-electron chi connectivity index (χ3n) is 4.85. The number of furan rings is 1. The van der Waals surface area contributed by atoms with E-state index in [-0.39, 0.29) is 56.6 Å². The van der Waals surface area contributed by atoms with E-state index in [4.69, 9.17) is 14.9 Å². The fraction of sp³-hybridized carbons (Fsp3) is 0.200. The Labute approximate surface area is 198 Å². The number of alkyl halides is 2. The second-order valence-electron chi connectivity index (χ2n) is 7.07. The molecule has 3 N–H and O–H groups in total. The first-order chi connectivity index (χ1) is 16.7. The van der Waals surface area contributed by atoms with Crippen LogP contribution in [-0.2, 0) is 11.3 Å². The Hall–Kier alpha value is -4.40. The predicted molar refractivity (Wildman–Crippen MR) is 119 cm³/mol. The molecule has 0 saturated carbocycles. The van der Waals surface area contributed by atoms with Gasteiger partial charge in [0.15, 0.2) is 0 Å².